The van der Waals surface area contributed by atoms with Crippen LogP contribution in [0.15, 0.2) is 35.3 Å². The van der Waals surface area contributed by atoms with Crippen LogP contribution in [0, 0.1) is 5.92 Å². The van der Waals surface area contributed by atoms with E-state index in [1.807, 2.05) is 44.2 Å². The van der Waals surface area contributed by atoms with Gasteiger partial charge < -0.3 is 9.64 Å². The van der Waals surface area contributed by atoms with Gasteiger partial charge in [0.15, 0.2) is 0 Å². The summed E-state index contributed by atoms with van der Waals surface area (Å²) in [6, 6.07) is 10.0. The third kappa shape index (κ3) is 2.55. The van der Waals surface area contributed by atoms with Crippen LogP contribution in [0.5, 0.6) is 0 Å². The summed E-state index contributed by atoms with van der Waals surface area (Å²) in [7, 11) is 3.41. The monoisotopic (exact) mass is 274 g/mol. The highest BCUT2D eigenvalue weighted by molar-refractivity contribution is 5.96. The maximum atomic E-state index is 12.7. The maximum Gasteiger partial charge on any atom is 0.251 e. The summed E-state index contributed by atoms with van der Waals surface area (Å²) in [5, 5.41) is 0. The number of likely N-dealkylation sites (N-methyl/N-ethyl adjacent to an activating group) is 1. The first-order valence-electron chi connectivity index (χ1n) is 6.92. The fourth-order valence-electron chi connectivity index (χ4n) is 2.62. The second-order valence-electron chi connectivity index (χ2n) is 5.61. The Balaban J connectivity index is 2.45. The Labute approximate surface area is 120 Å². The van der Waals surface area contributed by atoms with E-state index in [4.69, 9.17) is 4.74 Å². The quantitative estimate of drug-likeness (QED) is 0.847. The van der Waals surface area contributed by atoms with Crippen molar-refractivity contribution in [2.24, 2.45) is 10.9 Å². The molecule has 0 saturated heterocycles. The molecule has 0 fully saturated rings. The van der Waals surface area contributed by atoms with Gasteiger partial charge >= 0.3 is 0 Å². The number of benzene rings is 1. The molecule has 0 bridgehead atoms. The number of amides is 1. The molecule has 0 N–H and O–H groups in total. The molecule has 4 heteroatoms. The van der Waals surface area contributed by atoms with Crippen molar-refractivity contribution in [1.82, 2.24) is 4.90 Å². The molecule has 108 valence electrons. The van der Waals surface area contributed by atoms with Gasteiger partial charge in [-0.1, -0.05) is 44.2 Å². The second-order valence-corrected chi connectivity index (χ2v) is 5.61. The number of methoxy groups -OCH3 is 1. The van der Waals surface area contributed by atoms with Crippen molar-refractivity contribution >= 4 is 11.8 Å². The zero-order valence-corrected chi connectivity index (χ0v) is 12.6. The Kier molecular flexibility index (Phi) is 4.12. The lowest BCUT2D eigenvalue weighted by atomic mass is 9.79. The number of ether oxygens (including phenoxy) is 1. The number of carbonyl (C=O) groups excluding carboxylic acids is 1. The number of hydrogen-bond donors (Lipinski definition) is 0. The van der Waals surface area contributed by atoms with Crippen molar-refractivity contribution < 1.29 is 9.53 Å². The molecule has 0 aliphatic carbocycles. The molecule has 0 aromatic heterocycles. The van der Waals surface area contributed by atoms with Gasteiger partial charge in [-0.25, -0.2) is 4.99 Å². The molecule has 1 aromatic carbocycles. The van der Waals surface area contributed by atoms with E-state index in [9.17, 15) is 4.79 Å². The van der Waals surface area contributed by atoms with Gasteiger partial charge in [0.1, 0.15) is 5.54 Å². The van der Waals surface area contributed by atoms with E-state index in [0.717, 1.165) is 5.56 Å². The molecule has 2 rings (SSSR count). The Morgan fingerprint density at radius 2 is 2.00 bits per heavy atom. The summed E-state index contributed by atoms with van der Waals surface area (Å²) in [5.41, 5.74) is 0.351. The van der Waals surface area contributed by atoms with Crippen LogP contribution >= 0.6 is 0 Å². The average Bonchev–Trinajstić information content (AvgIpc) is 2.44. The smallest absolute Gasteiger partial charge is 0.251 e. The van der Waals surface area contributed by atoms with Crippen molar-refractivity contribution in [3.63, 3.8) is 0 Å². The third-order valence-electron chi connectivity index (χ3n) is 3.92. The van der Waals surface area contributed by atoms with Crippen LogP contribution < -0.4 is 0 Å². The van der Waals surface area contributed by atoms with Crippen LogP contribution in [0.1, 0.15) is 19.4 Å². The summed E-state index contributed by atoms with van der Waals surface area (Å²) >= 11 is 0. The van der Waals surface area contributed by atoms with Crippen molar-refractivity contribution in [2.75, 3.05) is 20.7 Å². The molecule has 1 unspecified atom stereocenters. The highest BCUT2D eigenvalue weighted by atomic mass is 16.5. The molecule has 1 aliphatic rings. The standard InChI is InChI=1S/C16H22N2O2/c1-12(2)16(10-13-8-6-5-7-9-13)15(19)18(3)11-14(17-16)20-4/h5-9,12H,10-11H2,1-4H3. The highest BCUT2D eigenvalue weighted by Gasteiger charge is 2.46. The van der Waals surface area contributed by atoms with E-state index in [0.29, 0.717) is 18.9 Å². The van der Waals surface area contributed by atoms with Crippen molar-refractivity contribution in [3.8, 4) is 0 Å². The number of aliphatic imine (C=N–C) groups is 1. The zero-order chi connectivity index (χ0) is 14.8. The van der Waals surface area contributed by atoms with Gasteiger partial charge in [0.05, 0.1) is 13.7 Å². The average molecular weight is 274 g/mol. The molecular weight excluding hydrogens is 252 g/mol. The largest absolute Gasteiger partial charge is 0.483 e. The van der Waals surface area contributed by atoms with E-state index in [1.54, 1.807) is 19.1 Å². The Hall–Kier alpha value is -1.84. The Bertz CT molecular complexity index is 510. The van der Waals surface area contributed by atoms with E-state index in [-0.39, 0.29) is 11.8 Å². The summed E-state index contributed by atoms with van der Waals surface area (Å²) in [4.78, 5) is 19.1. The lowest BCUT2D eigenvalue weighted by molar-refractivity contribution is -0.137. The molecule has 4 nitrogen and oxygen atoms in total. The van der Waals surface area contributed by atoms with Gasteiger partial charge in [-0.2, -0.15) is 0 Å². The molecule has 1 aliphatic heterocycles. The molecule has 1 heterocycles. The lowest BCUT2D eigenvalue weighted by Crippen LogP contribution is -2.56. The van der Waals surface area contributed by atoms with Gasteiger partial charge in [0.25, 0.3) is 5.91 Å². The first kappa shape index (κ1) is 14.6. The van der Waals surface area contributed by atoms with E-state index in [1.165, 1.54) is 0 Å². The van der Waals surface area contributed by atoms with Gasteiger partial charge in [-0.05, 0) is 11.5 Å². The number of hydrogen-bond acceptors (Lipinski definition) is 3. The number of nitrogens with zero attached hydrogens (tertiary/aromatic N) is 2. The van der Waals surface area contributed by atoms with Crippen LogP contribution in [-0.4, -0.2) is 42.9 Å². The molecule has 20 heavy (non-hydrogen) atoms. The van der Waals surface area contributed by atoms with Crippen molar-refractivity contribution in [3.05, 3.63) is 35.9 Å². The van der Waals surface area contributed by atoms with E-state index in [2.05, 4.69) is 4.99 Å². The molecular formula is C16H22N2O2. The molecule has 1 amide bonds. The SMILES string of the molecule is COC1=NC(Cc2ccccc2)(C(C)C)C(=O)N(C)C1. The van der Waals surface area contributed by atoms with Crippen LogP contribution in [0.3, 0.4) is 0 Å². The molecule has 0 radical (unpaired) electrons. The van der Waals surface area contributed by atoms with Crippen LogP contribution in [0.25, 0.3) is 0 Å². The number of rotatable bonds is 3. The summed E-state index contributed by atoms with van der Waals surface area (Å²) in [6.07, 6.45) is 0.599. The van der Waals surface area contributed by atoms with E-state index < -0.39 is 5.54 Å². The number of carbonyl (C=O) groups is 1. The predicted molar refractivity (Wildman–Crippen MR) is 79.8 cm³/mol. The normalized spacial score (nSPS) is 22.9. The fraction of sp³-hybridized carbons (Fsp3) is 0.500. The van der Waals surface area contributed by atoms with Gasteiger partial charge in [0.2, 0.25) is 5.90 Å². The highest BCUT2D eigenvalue weighted by Crippen LogP contribution is 2.31. The Morgan fingerprint density at radius 1 is 1.35 bits per heavy atom. The summed E-state index contributed by atoms with van der Waals surface area (Å²) in [6.45, 7) is 4.52. The molecule has 0 saturated carbocycles. The zero-order valence-electron chi connectivity index (χ0n) is 12.6. The van der Waals surface area contributed by atoms with Gasteiger partial charge in [-0.15, -0.1) is 0 Å². The maximum absolute atomic E-state index is 12.7. The van der Waals surface area contributed by atoms with Gasteiger partial charge in [-0.3, -0.25) is 4.79 Å². The fourth-order valence-corrected chi connectivity index (χ4v) is 2.62. The first-order valence-corrected chi connectivity index (χ1v) is 6.92. The minimum atomic E-state index is -0.764. The van der Waals surface area contributed by atoms with Crippen LogP contribution in [0.4, 0.5) is 0 Å². The van der Waals surface area contributed by atoms with Crippen molar-refractivity contribution in [2.45, 2.75) is 25.8 Å². The van der Waals surface area contributed by atoms with Crippen LogP contribution in [-0.2, 0) is 16.0 Å². The molecule has 1 atom stereocenters. The topological polar surface area (TPSA) is 41.9 Å². The van der Waals surface area contributed by atoms with E-state index >= 15 is 0 Å². The Morgan fingerprint density at radius 3 is 2.55 bits per heavy atom. The minimum absolute atomic E-state index is 0.0668. The summed E-state index contributed by atoms with van der Waals surface area (Å²) in [5.74, 6) is 0.789. The predicted octanol–water partition coefficient (Wildman–Crippen LogP) is 2.14. The van der Waals surface area contributed by atoms with Crippen LogP contribution in [0.2, 0.25) is 0 Å². The molecule has 1 aromatic rings. The van der Waals surface area contributed by atoms with Crippen molar-refractivity contribution in [1.29, 1.82) is 0 Å². The molecule has 0 spiro atoms. The van der Waals surface area contributed by atoms with Gasteiger partial charge in [0, 0.05) is 13.5 Å². The first-order chi connectivity index (χ1) is 9.49. The second kappa shape index (κ2) is 5.65. The summed E-state index contributed by atoms with van der Waals surface area (Å²) < 4.78 is 5.31. The lowest BCUT2D eigenvalue weighted by Gasteiger charge is -2.39. The minimum Gasteiger partial charge on any atom is -0.483 e. The third-order valence-corrected chi connectivity index (χ3v) is 3.92.